The van der Waals surface area contributed by atoms with Crippen LogP contribution in [-0.2, 0) is 0 Å². The molecule has 0 aliphatic carbocycles. The van der Waals surface area contributed by atoms with Crippen LogP contribution >= 0.6 is 0 Å². The fourth-order valence-electron chi connectivity index (χ4n) is 0.921. The van der Waals surface area contributed by atoms with Crippen LogP contribution in [0.3, 0.4) is 0 Å². The molecule has 0 spiro atoms. The zero-order chi connectivity index (χ0) is 9.23. The predicted octanol–water partition coefficient (Wildman–Crippen LogP) is 0.794. The molecule has 3 N–H and O–H groups in total. The minimum atomic E-state index is 0.213. The Morgan fingerprint density at radius 1 is 1.50 bits per heavy atom. The third kappa shape index (κ3) is 7.69. The van der Waals surface area contributed by atoms with Gasteiger partial charge in [-0.25, -0.2) is 0 Å². The Hall–Kier alpha value is -0.410. The van der Waals surface area contributed by atoms with E-state index in [0.29, 0.717) is 0 Å². The lowest BCUT2D eigenvalue weighted by Gasteiger charge is -2.08. The topological polar surface area (TPSA) is 50.4 Å². The molecule has 0 saturated carbocycles. The molecule has 0 aromatic rings. The minimum absolute atomic E-state index is 0.213. The van der Waals surface area contributed by atoms with Gasteiger partial charge in [-0.15, -0.1) is 0 Å². The van der Waals surface area contributed by atoms with E-state index >= 15 is 0 Å². The molecule has 72 valence electrons. The van der Waals surface area contributed by atoms with Gasteiger partial charge < -0.3 is 11.1 Å². The van der Waals surface area contributed by atoms with Crippen molar-refractivity contribution in [2.75, 3.05) is 19.6 Å². The van der Waals surface area contributed by atoms with Crippen LogP contribution < -0.4 is 11.1 Å². The highest BCUT2D eigenvalue weighted by Crippen LogP contribution is 1.87. The lowest BCUT2D eigenvalue weighted by molar-refractivity contribution is 0.566. The highest BCUT2D eigenvalue weighted by molar-refractivity contribution is 5.53. The van der Waals surface area contributed by atoms with Crippen molar-refractivity contribution in [2.45, 2.75) is 32.7 Å². The molecule has 0 aromatic heterocycles. The summed E-state index contributed by atoms with van der Waals surface area (Å²) in [5.74, 6) is 0. The molecule has 0 rings (SSSR count). The number of aliphatic imine (C=N–C) groups is 1. The molecule has 1 unspecified atom stereocenters. The Morgan fingerprint density at radius 3 is 2.83 bits per heavy atom. The Balaban J connectivity index is 3.13. The number of nitrogens with one attached hydrogen (secondary N) is 1. The van der Waals surface area contributed by atoms with E-state index in [9.17, 15) is 0 Å². The summed E-state index contributed by atoms with van der Waals surface area (Å²) < 4.78 is 0. The van der Waals surface area contributed by atoms with Gasteiger partial charge in [0.15, 0.2) is 0 Å². The van der Waals surface area contributed by atoms with Crippen LogP contribution in [0.5, 0.6) is 0 Å². The minimum Gasteiger partial charge on any atom is -0.326 e. The second-order valence-corrected chi connectivity index (χ2v) is 2.92. The molecule has 12 heavy (non-hydrogen) atoms. The van der Waals surface area contributed by atoms with Gasteiger partial charge in [0, 0.05) is 6.04 Å². The summed E-state index contributed by atoms with van der Waals surface area (Å²) in [5, 5.41) is 3.31. The highest BCUT2D eigenvalue weighted by Gasteiger charge is 1.98. The van der Waals surface area contributed by atoms with Crippen molar-refractivity contribution in [1.29, 1.82) is 0 Å². The zero-order valence-electron chi connectivity index (χ0n) is 8.21. The summed E-state index contributed by atoms with van der Waals surface area (Å²) in [7, 11) is 0. The van der Waals surface area contributed by atoms with Crippen molar-refractivity contribution in [3.63, 3.8) is 0 Å². The Bertz CT molecular complexity index is 112. The number of rotatable bonds is 7. The fourth-order valence-corrected chi connectivity index (χ4v) is 0.921. The molecule has 0 amide bonds. The average Bonchev–Trinajstić information content (AvgIpc) is 2.09. The molecule has 0 bridgehead atoms. The van der Waals surface area contributed by atoms with Crippen LogP contribution in [0.15, 0.2) is 4.99 Å². The van der Waals surface area contributed by atoms with Crippen LogP contribution in [-0.4, -0.2) is 31.9 Å². The first kappa shape index (κ1) is 11.6. The predicted molar refractivity (Wildman–Crippen MR) is 54.8 cm³/mol. The van der Waals surface area contributed by atoms with Gasteiger partial charge in [-0.1, -0.05) is 6.92 Å². The summed E-state index contributed by atoms with van der Waals surface area (Å²) in [6.45, 7) is 6.93. The van der Waals surface area contributed by atoms with Crippen LogP contribution in [0.2, 0.25) is 0 Å². The van der Waals surface area contributed by atoms with Crippen molar-refractivity contribution in [2.24, 2.45) is 10.7 Å². The first-order chi connectivity index (χ1) is 5.81. The third-order valence-electron chi connectivity index (χ3n) is 1.64. The standard InChI is InChI=1S/C9H21N3/c1-3-6-12-7-5-9(10)8-11-4-2/h4,9,12H,3,5-8,10H2,1-2H3. The van der Waals surface area contributed by atoms with E-state index in [0.717, 1.165) is 26.1 Å². The molecular formula is C9H21N3. The Kier molecular flexibility index (Phi) is 8.39. The van der Waals surface area contributed by atoms with Crippen molar-refractivity contribution in [1.82, 2.24) is 5.32 Å². The molecule has 0 fully saturated rings. The van der Waals surface area contributed by atoms with E-state index in [1.165, 1.54) is 6.42 Å². The first-order valence-electron chi connectivity index (χ1n) is 4.72. The lowest BCUT2D eigenvalue weighted by atomic mass is 10.2. The molecule has 0 aliphatic rings. The summed E-state index contributed by atoms with van der Waals surface area (Å²) in [5.41, 5.74) is 5.79. The number of nitrogens with zero attached hydrogens (tertiary/aromatic N) is 1. The van der Waals surface area contributed by atoms with Gasteiger partial charge in [0.1, 0.15) is 0 Å². The van der Waals surface area contributed by atoms with Gasteiger partial charge in [-0.3, -0.25) is 4.99 Å². The van der Waals surface area contributed by atoms with E-state index in [2.05, 4.69) is 17.2 Å². The smallest absolute Gasteiger partial charge is 0.0537 e. The highest BCUT2D eigenvalue weighted by atomic mass is 14.9. The number of hydrogen-bond acceptors (Lipinski definition) is 3. The SMILES string of the molecule is CC=NCC(N)CCNCCC. The Morgan fingerprint density at radius 2 is 2.25 bits per heavy atom. The van der Waals surface area contributed by atoms with Crippen LogP contribution in [0.4, 0.5) is 0 Å². The second-order valence-electron chi connectivity index (χ2n) is 2.92. The van der Waals surface area contributed by atoms with E-state index in [1.54, 1.807) is 6.21 Å². The largest absolute Gasteiger partial charge is 0.326 e. The van der Waals surface area contributed by atoms with Gasteiger partial charge in [-0.05, 0) is 39.1 Å². The first-order valence-corrected chi connectivity index (χ1v) is 4.72. The van der Waals surface area contributed by atoms with Gasteiger partial charge >= 0.3 is 0 Å². The van der Waals surface area contributed by atoms with Gasteiger partial charge in [0.05, 0.1) is 6.54 Å². The molecule has 0 aliphatic heterocycles. The second kappa shape index (κ2) is 8.68. The molecule has 0 aromatic carbocycles. The lowest BCUT2D eigenvalue weighted by Crippen LogP contribution is -2.29. The normalized spacial score (nSPS) is 13.9. The van der Waals surface area contributed by atoms with Crippen LogP contribution in [0.1, 0.15) is 26.7 Å². The molecule has 0 radical (unpaired) electrons. The van der Waals surface area contributed by atoms with E-state index in [-0.39, 0.29) is 6.04 Å². The van der Waals surface area contributed by atoms with Crippen molar-refractivity contribution in [3.05, 3.63) is 0 Å². The van der Waals surface area contributed by atoms with E-state index in [1.807, 2.05) is 6.92 Å². The summed E-state index contributed by atoms with van der Waals surface area (Å²) in [4.78, 5) is 4.09. The Labute approximate surface area is 75.4 Å². The maximum atomic E-state index is 5.79. The quantitative estimate of drug-likeness (QED) is 0.439. The van der Waals surface area contributed by atoms with Gasteiger partial charge in [-0.2, -0.15) is 0 Å². The summed E-state index contributed by atoms with van der Waals surface area (Å²) in [6.07, 6.45) is 4.00. The molecule has 0 heterocycles. The van der Waals surface area contributed by atoms with E-state index in [4.69, 9.17) is 5.73 Å². The zero-order valence-corrected chi connectivity index (χ0v) is 8.21. The van der Waals surface area contributed by atoms with Gasteiger partial charge in [0.2, 0.25) is 0 Å². The van der Waals surface area contributed by atoms with Crippen molar-refractivity contribution < 1.29 is 0 Å². The molecular weight excluding hydrogens is 150 g/mol. The average molecular weight is 171 g/mol. The fraction of sp³-hybridized carbons (Fsp3) is 0.889. The van der Waals surface area contributed by atoms with Crippen molar-refractivity contribution in [3.8, 4) is 0 Å². The molecule has 3 heteroatoms. The number of hydrogen-bond donors (Lipinski definition) is 2. The maximum Gasteiger partial charge on any atom is 0.0537 e. The monoisotopic (exact) mass is 171 g/mol. The van der Waals surface area contributed by atoms with Crippen LogP contribution in [0.25, 0.3) is 0 Å². The van der Waals surface area contributed by atoms with Crippen molar-refractivity contribution >= 4 is 6.21 Å². The summed E-state index contributed by atoms with van der Waals surface area (Å²) in [6, 6.07) is 0.213. The summed E-state index contributed by atoms with van der Waals surface area (Å²) >= 11 is 0. The van der Waals surface area contributed by atoms with Crippen LogP contribution in [0, 0.1) is 0 Å². The maximum absolute atomic E-state index is 5.79. The molecule has 0 saturated heterocycles. The molecule has 3 nitrogen and oxygen atoms in total. The third-order valence-corrected chi connectivity index (χ3v) is 1.64. The van der Waals surface area contributed by atoms with Gasteiger partial charge in [0.25, 0.3) is 0 Å². The molecule has 1 atom stereocenters. The number of nitrogens with two attached hydrogens (primary N) is 1. The van der Waals surface area contributed by atoms with E-state index < -0.39 is 0 Å².